The molecule has 1 atom stereocenters. The molecule has 0 bridgehead atoms. The van der Waals surface area contributed by atoms with Crippen LogP contribution in [0.2, 0.25) is 0 Å². The minimum absolute atomic E-state index is 0.375. The zero-order chi connectivity index (χ0) is 16.1. The first-order valence-electron chi connectivity index (χ1n) is 7.28. The van der Waals surface area contributed by atoms with Gasteiger partial charge in [-0.1, -0.05) is 15.9 Å². The molecule has 0 fully saturated rings. The van der Waals surface area contributed by atoms with Gasteiger partial charge in [0, 0.05) is 17.6 Å². The summed E-state index contributed by atoms with van der Waals surface area (Å²) in [5, 5.41) is 3.09. The third-order valence-corrected chi connectivity index (χ3v) is 3.94. The molecular formula is C15H21BrN4O2. The largest absolute Gasteiger partial charge is 0.380 e. The van der Waals surface area contributed by atoms with Gasteiger partial charge in [-0.3, -0.25) is 10.1 Å². The lowest BCUT2D eigenvalue weighted by molar-refractivity contribution is -0.119. The molecule has 3 N–H and O–H groups in total. The quantitative estimate of drug-likeness (QED) is 0.696. The predicted octanol–water partition coefficient (Wildman–Crippen LogP) is 1.80. The summed E-state index contributed by atoms with van der Waals surface area (Å²) in [7, 11) is 0. The lowest BCUT2D eigenvalue weighted by Gasteiger charge is -2.12. The van der Waals surface area contributed by atoms with Gasteiger partial charge in [0.05, 0.1) is 30.2 Å². The van der Waals surface area contributed by atoms with Gasteiger partial charge in [0.15, 0.2) is 0 Å². The number of hydrogen-bond donors (Lipinski definition) is 2. The molecule has 0 saturated carbocycles. The molecule has 6 nitrogen and oxygen atoms in total. The standard InChI is InChI=1S/C15H21BrN4O2/c1-3-22-7-6-20-13-5-4-11(16)8-12(13)19-14(20)9-18-10(2)15(17)21/h4-5,8,10,18H,3,6-7,9H2,1-2H3,(H2,17,21)/t10-/m0/s1. The molecule has 0 aliphatic heterocycles. The Bertz CT molecular complexity index is 656. The van der Waals surface area contributed by atoms with E-state index in [1.165, 1.54) is 0 Å². The molecule has 1 heterocycles. The Morgan fingerprint density at radius 3 is 3.00 bits per heavy atom. The fourth-order valence-electron chi connectivity index (χ4n) is 2.18. The van der Waals surface area contributed by atoms with Crippen molar-refractivity contribution in [2.45, 2.75) is 33.0 Å². The first-order valence-corrected chi connectivity index (χ1v) is 8.07. The predicted molar refractivity (Wildman–Crippen MR) is 89.4 cm³/mol. The third-order valence-electron chi connectivity index (χ3n) is 3.45. The van der Waals surface area contributed by atoms with E-state index in [0.29, 0.717) is 26.3 Å². The number of nitrogens with one attached hydrogen (secondary N) is 1. The van der Waals surface area contributed by atoms with Crippen LogP contribution in [0.3, 0.4) is 0 Å². The van der Waals surface area contributed by atoms with Crippen LogP contribution in [0.1, 0.15) is 19.7 Å². The van der Waals surface area contributed by atoms with Crippen LogP contribution in [-0.2, 0) is 22.6 Å². The minimum atomic E-state index is -0.396. The van der Waals surface area contributed by atoms with Gasteiger partial charge in [0.2, 0.25) is 5.91 Å². The summed E-state index contributed by atoms with van der Waals surface area (Å²) in [6, 6.07) is 5.60. The number of hydrogen-bond acceptors (Lipinski definition) is 4. The van der Waals surface area contributed by atoms with E-state index >= 15 is 0 Å². The fraction of sp³-hybridized carbons (Fsp3) is 0.467. The van der Waals surface area contributed by atoms with Crippen molar-refractivity contribution in [1.29, 1.82) is 0 Å². The highest BCUT2D eigenvalue weighted by atomic mass is 79.9. The Labute approximate surface area is 138 Å². The van der Waals surface area contributed by atoms with Crippen molar-refractivity contribution in [1.82, 2.24) is 14.9 Å². The average molecular weight is 369 g/mol. The molecule has 22 heavy (non-hydrogen) atoms. The van der Waals surface area contributed by atoms with E-state index in [0.717, 1.165) is 21.3 Å². The molecular weight excluding hydrogens is 348 g/mol. The maximum atomic E-state index is 11.1. The van der Waals surface area contributed by atoms with E-state index in [1.54, 1.807) is 6.92 Å². The Morgan fingerprint density at radius 1 is 1.55 bits per heavy atom. The summed E-state index contributed by atoms with van der Waals surface area (Å²) >= 11 is 3.46. The lowest BCUT2D eigenvalue weighted by Crippen LogP contribution is -2.38. The lowest BCUT2D eigenvalue weighted by atomic mass is 10.3. The smallest absolute Gasteiger partial charge is 0.234 e. The number of halogens is 1. The molecule has 2 aromatic rings. The molecule has 1 aromatic carbocycles. The number of ether oxygens (including phenoxy) is 1. The van der Waals surface area contributed by atoms with Crippen molar-refractivity contribution in [2.24, 2.45) is 5.73 Å². The Kier molecular flexibility index (Phi) is 5.93. The first kappa shape index (κ1) is 16.9. The van der Waals surface area contributed by atoms with Gasteiger partial charge in [-0.2, -0.15) is 0 Å². The fourth-order valence-corrected chi connectivity index (χ4v) is 2.53. The second-order valence-corrected chi connectivity index (χ2v) is 5.93. The maximum Gasteiger partial charge on any atom is 0.234 e. The highest BCUT2D eigenvalue weighted by molar-refractivity contribution is 9.10. The van der Waals surface area contributed by atoms with Gasteiger partial charge < -0.3 is 15.0 Å². The van der Waals surface area contributed by atoms with Crippen LogP contribution < -0.4 is 11.1 Å². The summed E-state index contributed by atoms with van der Waals surface area (Å²) in [5.74, 6) is 0.487. The summed E-state index contributed by atoms with van der Waals surface area (Å²) in [6.07, 6.45) is 0. The third kappa shape index (κ3) is 4.06. The number of imidazole rings is 1. The topological polar surface area (TPSA) is 82.2 Å². The second kappa shape index (κ2) is 7.71. The van der Waals surface area contributed by atoms with Crippen LogP contribution in [0.25, 0.3) is 11.0 Å². The Hall–Kier alpha value is -1.44. The zero-order valence-corrected chi connectivity index (χ0v) is 14.4. The van der Waals surface area contributed by atoms with Crippen molar-refractivity contribution in [3.63, 3.8) is 0 Å². The number of fused-ring (bicyclic) bond motifs is 1. The van der Waals surface area contributed by atoms with E-state index in [-0.39, 0.29) is 5.91 Å². The number of rotatable bonds is 8. The normalized spacial score (nSPS) is 12.7. The summed E-state index contributed by atoms with van der Waals surface area (Å²) in [5.41, 5.74) is 7.24. The molecule has 0 radical (unpaired) electrons. The molecule has 0 spiro atoms. The molecule has 1 aromatic heterocycles. The van der Waals surface area contributed by atoms with Crippen molar-refractivity contribution >= 4 is 32.9 Å². The number of benzene rings is 1. The number of amides is 1. The Balaban J connectivity index is 2.25. The molecule has 0 aliphatic rings. The number of carbonyl (C=O) groups excluding carboxylic acids is 1. The molecule has 0 aliphatic carbocycles. The molecule has 0 unspecified atom stereocenters. The van der Waals surface area contributed by atoms with Crippen LogP contribution in [-0.4, -0.2) is 34.7 Å². The molecule has 0 saturated heterocycles. The van der Waals surface area contributed by atoms with Crippen LogP contribution in [0.5, 0.6) is 0 Å². The van der Waals surface area contributed by atoms with Gasteiger partial charge >= 0.3 is 0 Å². The molecule has 7 heteroatoms. The number of aromatic nitrogens is 2. The van der Waals surface area contributed by atoms with Crippen molar-refractivity contribution in [3.05, 3.63) is 28.5 Å². The van der Waals surface area contributed by atoms with E-state index in [2.05, 4.69) is 30.8 Å². The number of nitrogens with two attached hydrogens (primary N) is 1. The molecule has 1 amide bonds. The highest BCUT2D eigenvalue weighted by Gasteiger charge is 2.13. The van der Waals surface area contributed by atoms with Crippen LogP contribution >= 0.6 is 15.9 Å². The van der Waals surface area contributed by atoms with Gasteiger partial charge in [-0.25, -0.2) is 4.98 Å². The van der Waals surface area contributed by atoms with E-state index < -0.39 is 6.04 Å². The van der Waals surface area contributed by atoms with Gasteiger partial charge in [0.1, 0.15) is 5.82 Å². The van der Waals surface area contributed by atoms with Gasteiger partial charge in [-0.15, -0.1) is 0 Å². The van der Waals surface area contributed by atoms with Crippen molar-refractivity contribution < 1.29 is 9.53 Å². The average Bonchev–Trinajstić information content (AvgIpc) is 2.82. The zero-order valence-electron chi connectivity index (χ0n) is 12.8. The number of nitrogens with zero attached hydrogens (tertiary/aromatic N) is 2. The van der Waals surface area contributed by atoms with Gasteiger partial charge in [0.25, 0.3) is 0 Å². The van der Waals surface area contributed by atoms with Crippen LogP contribution in [0.15, 0.2) is 22.7 Å². The van der Waals surface area contributed by atoms with E-state index in [4.69, 9.17) is 10.5 Å². The van der Waals surface area contributed by atoms with Crippen LogP contribution in [0.4, 0.5) is 0 Å². The molecule has 2 rings (SSSR count). The van der Waals surface area contributed by atoms with Crippen molar-refractivity contribution in [3.8, 4) is 0 Å². The number of carbonyl (C=O) groups is 1. The van der Waals surface area contributed by atoms with Crippen molar-refractivity contribution in [2.75, 3.05) is 13.2 Å². The summed E-state index contributed by atoms with van der Waals surface area (Å²) in [4.78, 5) is 15.8. The van der Waals surface area contributed by atoms with Crippen LogP contribution in [0, 0.1) is 0 Å². The monoisotopic (exact) mass is 368 g/mol. The molecule has 120 valence electrons. The first-order chi connectivity index (χ1) is 10.5. The van der Waals surface area contributed by atoms with E-state index in [9.17, 15) is 4.79 Å². The van der Waals surface area contributed by atoms with Gasteiger partial charge in [-0.05, 0) is 32.0 Å². The maximum absolute atomic E-state index is 11.1. The SMILES string of the molecule is CCOCCn1c(CN[C@@H](C)C(N)=O)nc2cc(Br)ccc21. The second-order valence-electron chi connectivity index (χ2n) is 5.01. The number of primary amides is 1. The highest BCUT2D eigenvalue weighted by Crippen LogP contribution is 2.21. The van der Waals surface area contributed by atoms with E-state index in [1.807, 2.05) is 25.1 Å². The Morgan fingerprint density at radius 2 is 2.32 bits per heavy atom. The summed E-state index contributed by atoms with van der Waals surface area (Å²) < 4.78 is 8.54. The minimum Gasteiger partial charge on any atom is -0.380 e. The summed E-state index contributed by atoms with van der Waals surface area (Å²) in [6.45, 7) is 6.21.